The lowest BCUT2D eigenvalue weighted by Crippen LogP contribution is -2.29. The monoisotopic (exact) mass is 315 g/mol. The summed E-state index contributed by atoms with van der Waals surface area (Å²) in [6.07, 6.45) is 1.37. The lowest BCUT2D eigenvalue weighted by molar-refractivity contribution is -0.122. The van der Waals surface area contributed by atoms with Crippen LogP contribution in [0.2, 0.25) is 5.02 Å². The van der Waals surface area contributed by atoms with Gasteiger partial charge in [-0.1, -0.05) is 33.6 Å². The summed E-state index contributed by atoms with van der Waals surface area (Å²) >= 11 is 9.48. The Morgan fingerprint density at radius 1 is 1.59 bits per heavy atom. The molecule has 2 unspecified atom stereocenters. The van der Waals surface area contributed by atoms with Gasteiger partial charge in [-0.2, -0.15) is 0 Å². The number of ketones is 1. The van der Waals surface area contributed by atoms with E-state index in [9.17, 15) is 4.79 Å². The molecule has 1 fully saturated rings. The number of carbonyl (C=O) groups is 1. The van der Waals surface area contributed by atoms with Crippen LogP contribution in [-0.2, 0) is 11.2 Å². The zero-order valence-electron chi connectivity index (χ0n) is 9.67. The number of carbonyl (C=O) groups excluding carboxylic acids is 1. The molecule has 1 aromatic carbocycles. The molecule has 1 aliphatic rings. The van der Waals surface area contributed by atoms with E-state index in [-0.39, 0.29) is 17.7 Å². The minimum absolute atomic E-state index is 0.134. The molecule has 0 saturated carbocycles. The Bertz CT molecular complexity index is 435. The third-order valence-electron chi connectivity index (χ3n) is 3.32. The van der Waals surface area contributed by atoms with Crippen molar-refractivity contribution in [3.63, 3.8) is 0 Å². The molecule has 2 nitrogen and oxygen atoms in total. The van der Waals surface area contributed by atoms with Crippen molar-refractivity contribution in [1.29, 1.82) is 0 Å². The zero-order valence-corrected chi connectivity index (χ0v) is 12.0. The van der Waals surface area contributed by atoms with Crippen LogP contribution in [-0.4, -0.2) is 18.4 Å². The summed E-state index contributed by atoms with van der Waals surface area (Å²) in [5.74, 6) is 0.418. The summed E-state index contributed by atoms with van der Waals surface area (Å²) in [6, 6.07) is 5.96. The first-order chi connectivity index (χ1) is 8.08. The maximum atomic E-state index is 12.2. The Balaban J connectivity index is 2.07. The molecule has 1 saturated heterocycles. The van der Waals surface area contributed by atoms with Gasteiger partial charge in [0, 0.05) is 27.9 Å². The Kier molecular flexibility index (Phi) is 4.23. The van der Waals surface area contributed by atoms with E-state index >= 15 is 0 Å². The lowest BCUT2D eigenvalue weighted by Gasteiger charge is -2.14. The average molecular weight is 317 g/mol. The number of hydrogen-bond donors (Lipinski definition) is 1. The molecular formula is C13H15BrClNO. The van der Waals surface area contributed by atoms with Crippen LogP contribution in [0.5, 0.6) is 0 Å². The van der Waals surface area contributed by atoms with Gasteiger partial charge in [0.2, 0.25) is 0 Å². The third kappa shape index (κ3) is 3.09. The number of nitrogens with one attached hydrogen (secondary N) is 1. The standard InChI is InChI=1S/C13H15BrClNO/c1-8-11(4-5-16-8)13(17)6-9-2-3-10(14)7-12(9)15/h2-3,7-8,11,16H,4-6H2,1H3. The van der Waals surface area contributed by atoms with Crippen LogP contribution >= 0.6 is 27.5 Å². The summed E-state index contributed by atoms with van der Waals surface area (Å²) in [5.41, 5.74) is 0.916. The third-order valence-corrected chi connectivity index (χ3v) is 4.16. The fraction of sp³-hybridized carbons (Fsp3) is 0.462. The Morgan fingerprint density at radius 2 is 2.35 bits per heavy atom. The molecule has 2 rings (SSSR count). The summed E-state index contributed by atoms with van der Waals surface area (Å²) in [5, 5.41) is 3.96. The van der Waals surface area contributed by atoms with Gasteiger partial charge in [0.25, 0.3) is 0 Å². The van der Waals surface area contributed by atoms with Crippen LogP contribution in [0.15, 0.2) is 22.7 Å². The molecule has 1 heterocycles. The predicted molar refractivity (Wildman–Crippen MR) is 73.4 cm³/mol. The molecule has 0 radical (unpaired) electrons. The molecular weight excluding hydrogens is 302 g/mol. The van der Waals surface area contributed by atoms with E-state index in [0.29, 0.717) is 11.4 Å². The van der Waals surface area contributed by atoms with Gasteiger partial charge in [-0.05, 0) is 37.6 Å². The smallest absolute Gasteiger partial charge is 0.141 e. The second-order valence-corrected chi connectivity index (χ2v) is 5.84. The van der Waals surface area contributed by atoms with Gasteiger partial charge in [0.1, 0.15) is 5.78 Å². The molecule has 0 spiro atoms. The maximum absolute atomic E-state index is 12.2. The summed E-state index contributed by atoms with van der Waals surface area (Å²) in [6.45, 7) is 3.00. The van der Waals surface area contributed by atoms with Gasteiger partial charge >= 0.3 is 0 Å². The fourth-order valence-electron chi connectivity index (χ4n) is 2.28. The highest BCUT2D eigenvalue weighted by molar-refractivity contribution is 9.10. The van der Waals surface area contributed by atoms with Crippen molar-refractivity contribution < 1.29 is 4.79 Å². The second kappa shape index (κ2) is 5.51. The van der Waals surface area contributed by atoms with Gasteiger partial charge in [-0.15, -0.1) is 0 Å². The molecule has 2 atom stereocenters. The molecule has 0 aliphatic carbocycles. The minimum Gasteiger partial charge on any atom is -0.314 e. The van der Waals surface area contributed by atoms with E-state index in [0.717, 1.165) is 23.0 Å². The van der Waals surface area contributed by atoms with Crippen LogP contribution in [0.25, 0.3) is 0 Å². The highest BCUT2D eigenvalue weighted by Crippen LogP contribution is 2.24. The molecule has 4 heteroatoms. The van der Waals surface area contributed by atoms with Gasteiger partial charge < -0.3 is 5.32 Å². The van der Waals surface area contributed by atoms with E-state index in [2.05, 4.69) is 28.2 Å². The Morgan fingerprint density at radius 3 is 2.94 bits per heavy atom. The van der Waals surface area contributed by atoms with Crippen LogP contribution in [0.3, 0.4) is 0 Å². The van der Waals surface area contributed by atoms with Crippen molar-refractivity contribution in [2.24, 2.45) is 5.92 Å². The SMILES string of the molecule is CC1NCCC1C(=O)Cc1ccc(Br)cc1Cl. The molecule has 1 aliphatic heterocycles. The number of Topliss-reactive ketones (excluding diaryl/α,β-unsaturated/α-hetero) is 1. The van der Waals surface area contributed by atoms with Crippen LogP contribution in [0, 0.1) is 5.92 Å². The van der Waals surface area contributed by atoms with E-state index in [4.69, 9.17) is 11.6 Å². The highest BCUT2D eigenvalue weighted by Gasteiger charge is 2.29. The number of rotatable bonds is 3. The quantitative estimate of drug-likeness (QED) is 0.928. The summed E-state index contributed by atoms with van der Waals surface area (Å²) in [4.78, 5) is 12.2. The van der Waals surface area contributed by atoms with Gasteiger partial charge in [-0.25, -0.2) is 0 Å². The van der Waals surface area contributed by atoms with Crippen molar-refractivity contribution in [3.05, 3.63) is 33.3 Å². The molecule has 0 amide bonds. The van der Waals surface area contributed by atoms with Crippen LogP contribution in [0.4, 0.5) is 0 Å². The highest BCUT2D eigenvalue weighted by atomic mass is 79.9. The van der Waals surface area contributed by atoms with E-state index < -0.39 is 0 Å². The van der Waals surface area contributed by atoms with Crippen LogP contribution in [0.1, 0.15) is 18.9 Å². The van der Waals surface area contributed by atoms with Crippen molar-refractivity contribution >= 4 is 33.3 Å². The second-order valence-electron chi connectivity index (χ2n) is 4.52. The Hall–Kier alpha value is -0.380. The first-order valence-electron chi connectivity index (χ1n) is 5.78. The molecule has 1 N–H and O–H groups in total. The first-order valence-corrected chi connectivity index (χ1v) is 6.95. The van der Waals surface area contributed by atoms with Crippen molar-refractivity contribution in [1.82, 2.24) is 5.32 Å². The van der Waals surface area contributed by atoms with Gasteiger partial charge in [-0.3, -0.25) is 4.79 Å². The average Bonchev–Trinajstić information content (AvgIpc) is 2.68. The van der Waals surface area contributed by atoms with Gasteiger partial charge in [0.05, 0.1) is 0 Å². The minimum atomic E-state index is 0.134. The van der Waals surface area contributed by atoms with Crippen molar-refractivity contribution in [3.8, 4) is 0 Å². The zero-order chi connectivity index (χ0) is 12.4. The van der Waals surface area contributed by atoms with Crippen LogP contribution < -0.4 is 5.32 Å². The molecule has 1 aromatic rings. The lowest BCUT2D eigenvalue weighted by atomic mass is 9.92. The number of hydrogen-bond acceptors (Lipinski definition) is 2. The molecule has 0 bridgehead atoms. The Labute approximate surface area is 115 Å². The first kappa shape index (κ1) is 13.1. The fourth-order valence-corrected chi connectivity index (χ4v) is 3.02. The predicted octanol–water partition coefficient (Wildman–Crippen LogP) is 3.21. The van der Waals surface area contributed by atoms with Crippen molar-refractivity contribution in [2.75, 3.05) is 6.54 Å². The molecule has 0 aromatic heterocycles. The van der Waals surface area contributed by atoms with Gasteiger partial charge in [0.15, 0.2) is 0 Å². The van der Waals surface area contributed by atoms with E-state index in [1.54, 1.807) is 0 Å². The normalized spacial score (nSPS) is 23.9. The van der Waals surface area contributed by atoms with E-state index in [1.165, 1.54) is 0 Å². The molecule has 17 heavy (non-hydrogen) atoms. The summed E-state index contributed by atoms with van der Waals surface area (Å²) < 4.78 is 0.939. The topological polar surface area (TPSA) is 29.1 Å². The summed E-state index contributed by atoms with van der Waals surface area (Å²) in [7, 11) is 0. The van der Waals surface area contributed by atoms with Crippen molar-refractivity contribution in [2.45, 2.75) is 25.8 Å². The maximum Gasteiger partial charge on any atom is 0.141 e. The molecule has 92 valence electrons. The van der Waals surface area contributed by atoms with E-state index in [1.807, 2.05) is 18.2 Å². The largest absolute Gasteiger partial charge is 0.314 e. The number of halogens is 2. The number of benzene rings is 1.